The van der Waals surface area contributed by atoms with Gasteiger partial charge in [-0.1, -0.05) is 6.07 Å². The Bertz CT molecular complexity index is 883. The van der Waals surface area contributed by atoms with E-state index in [4.69, 9.17) is 9.47 Å². The number of amides is 1. The topological polar surface area (TPSA) is 81.7 Å². The van der Waals surface area contributed by atoms with Gasteiger partial charge in [0.1, 0.15) is 16.5 Å². The number of carbonyl (C=O) groups is 1. The normalized spacial score (nSPS) is 11.0. The van der Waals surface area contributed by atoms with Crippen molar-refractivity contribution in [1.29, 1.82) is 0 Å². The van der Waals surface area contributed by atoms with Crippen molar-refractivity contribution < 1.29 is 31.5 Å². The van der Waals surface area contributed by atoms with Crippen LogP contribution in [0.25, 0.3) is 0 Å². The number of para-hydroxylation sites is 1. The van der Waals surface area contributed by atoms with E-state index in [1.807, 2.05) is 0 Å². The Kier molecular flexibility index (Phi) is 5.03. The summed E-state index contributed by atoms with van der Waals surface area (Å²) >= 11 is 0. The van der Waals surface area contributed by atoms with E-state index in [2.05, 4.69) is 0 Å². The molecule has 0 aliphatic rings. The third-order valence-corrected chi connectivity index (χ3v) is 4.42. The van der Waals surface area contributed by atoms with Crippen LogP contribution in [0.5, 0.6) is 11.5 Å². The molecule has 2 rings (SSSR count). The molecule has 0 unspecified atom stereocenters. The highest BCUT2D eigenvalue weighted by molar-refractivity contribution is 7.90. The van der Waals surface area contributed by atoms with Crippen molar-refractivity contribution in [2.24, 2.45) is 0 Å². The van der Waals surface area contributed by atoms with Crippen LogP contribution >= 0.6 is 0 Å². The molecule has 0 bridgehead atoms. The van der Waals surface area contributed by atoms with Crippen molar-refractivity contribution in [2.45, 2.75) is 4.90 Å². The molecule has 0 aliphatic carbocycles. The number of methoxy groups -OCH3 is 2. The zero-order chi connectivity index (χ0) is 17.9. The SMILES string of the molecule is COc1cccc(C(=O)NS(=O)(=O)c2ccc(F)cc2F)c1OC. The largest absolute Gasteiger partial charge is 0.493 e. The maximum absolute atomic E-state index is 13.6. The molecule has 1 N–H and O–H groups in total. The van der Waals surface area contributed by atoms with Gasteiger partial charge in [0.15, 0.2) is 11.5 Å². The summed E-state index contributed by atoms with van der Waals surface area (Å²) in [6, 6.07) is 6.20. The average Bonchev–Trinajstić information content (AvgIpc) is 2.52. The molecule has 24 heavy (non-hydrogen) atoms. The number of carbonyl (C=O) groups excluding carboxylic acids is 1. The summed E-state index contributed by atoms with van der Waals surface area (Å²) in [5, 5.41) is 0. The molecule has 0 fully saturated rings. The molecule has 0 spiro atoms. The fraction of sp³-hybridized carbons (Fsp3) is 0.133. The second-order valence-electron chi connectivity index (χ2n) is 4.55. The van der Waals surface area contributed by atoms with Gasteiger partial charge in [-0.05, 0) is 24.3 Å². The Labute approximate surface area is 137 Å². The number of nitrogens with one attached hydrogen (secondary N) is 1. The Morgan fingerprint density at radius 1 is 1.08 bits per heavy atom. The molecule has 128 valence electrons. The molecule has 0 heterocycles. The fourth-order valence-corrected chi connectivity index (χ4v) is 3.02. The molecule has 2 aromatic rings. The van der Waals surface area contributed by atoms with E-state index < -0.39 is 32.5 Å². The van der Waals surface area contributed by atoms with E-state index in [1.165, 1.54) is 32.4 Å². The first-order valence-electron chi connectivity index (χ1n) is 6.53. The lowest BCUT2D eigenvalue weighted by Gasteiger charge is -2.13. The fourth-order valence-electron chi connectivity index (χ4n) is 1.99. The Hall–Kier alpha value is -2.68. The summed E-state index contributed by atoms with van der Waals surface area (Å²) in [4.78, 5) is 11.4. The predicted octanol–water partition coefficient (Wildman–Crippen LogP) is 2.10. The highest BCUT2D eigenvalue weighted by Gasteiger charge is 2.25. The van der Waals surface area contributed by atoms with Crippen LogP contribution in [0.2, 0.25) is 0 Å². The monoisotopic (exact) mass is 357 g/mol. The highest BCUT2D eigenvalue weighted by atomic mass is 32.2. The molecule has 0 atom stereocenters. The van der Waals surface area contributed by atoms with Crippen LogP contribution in [0.3, 0.4) is 0 Å². The van der Waals surface area contributed by atoms with Crippen molar-refractivity contribution in [3.63, 3.8) is 0 Å². The Morgan fingerprint density at radius 3 is 2.38 bits per heavy atom. The lowest BCUT2D eigenvalue weighted by atomic mass is 10.2. The van der Waals surface area contributed by atoms with Crippen molar-refractivity contribution in [3.8, 4) is 11.5 Å². The standard InChI is InChI=1S/C15H13F2NO5S/c1-22-12-5-3-4-10(14(12)23-2)15(19)18-24(20,21)13-7-6-9(16)8-11(13)17/h3-8H,1-2H3,(H,18,19). The van der Waals surface area contributed by atoms with Crippen LogP contribution in [0.4, 0.5) is 8.78 Å². The second-order valence-corrected chi connectivity index (χ2v) is 6.20. The third-order valence-electron chi connectivity index (χ3n) is 3.06. The first kappa shape index (κ1) is 17.7. The van der Waals surface area contributed by atoms with E-state index >= 15 is 0 Å². The quantitative estimate of drug-likeness (QED) is 0.886. The van der Waals surface area contributed by atoms with Gasteiger partial charge >= 0.3 is 0 Å². The summed E-state index contributed by atoms with van der Waals surface area (Å²) in [5.74, 6) is -3.06. The molecule has 2 aromatic carbocycles. The van der Waals surface area contributed by atoms with Crippen LogP contribution in [0, 0.1) is 11.6 Å². The number of benzene rings is 2. The van der Waals surface area contributed by atoms with Gasteiger partial charge in [0.2, 0.25) is 0 Å². The van der Waals surface area contributed by atoms with Crippen molar-refractivity contribution >= 4 is 15.9 Å². The van der Waals surface area contributed by atoms with Gasteiger partial charge in [-0.15, -0.1) is 0 Å². The Morgan fingerprint density at radius 2 is 1.79 bits per heavy atom. The molecule has 0 aliphatic heterocycles. The first-order chi connectivity index (χ1) is 11.3. The van der Waals surface area contributed by atoms with E-state index in [9.17, 15) is 22.0 Å². The van der Waals surface area contributed by atoms with Gasteiger partial charge in [-0.2, -0.15) is 0 Å². The maximum atomic E-state index is 13.6. The van der Waals surface area contributed by atoms with E-state index in [0.717, 1.165) is 12.1 Å². The summed E-state index contributed by atoms with van der Waals surface area (Å²) in [6.45, 7) is 0. The summed E-state index contributed by atoms with van der Waals surface area (Å²) in [7, 11) is -1.91. The molecular formula is C15H13F2NO5S. The highest BCUT2D eigenvalue weighted by Crippen LogP contribution is 2.30. The molecule has 0 saturated heterocycles. The number of hydrogen-bond donors (Lipinski definition) is 1. The number of halogens is 2. The molecule has 9 heteroatoms. The lowest BCUT2D eigenvalue weighted by molar-refractivity contribution is 0.0977. The van der Waals surface area contributed by atoms with Gasteiger partial charge in [-0.3, -0.25) is 4.79 Å². The second kappa shape index (κ2) is 6.83. The molecule has 0 saturated carbocycles. The minimum atomic E-state index is -4.54. The maximum Gasteiger partial charge on any atom is 0.268 e. The molecular weight excluding hydrogens is 344 g/mol. The zero-order valence-electron chi connectivity index (χ0n) is 12.7. The minimum Gasteiger partial charge on any atom is -0.493 e. The van der Waals surface area contributed by atoms with E-state index in [0.29, 0.717) is 6.07 Å². The average molecular weight is 357 g/mol. The van der Waals surface area contributed by atoms with Gasteiger partial charge < -0.3 is 9.47 Å². The molecule has 0 radical (unpaired) electrons. The number of rotatable bonds is 5. The Balaban J connectivity index is 2.39. The summed E-state index contributed by atoms with van der Waals surface area (Å²) in [5.41, 5.74) is -0.122. The van der Waals surface area contributed by atoms with Crippen molar-refractivity contribution in [1.82, 2.24) is 4.72 Å². The van der Waals surface area contributed by atoms with Crippen molar-refractivity contribution in [2.75, 3.05) is 14.2 Å². The van der Waals surface area contributed by atoms with Crippen molar-refractivity contribution in [3.05, 3.63) is 53.6 Å². The lowest BCUT2D eigenvalue weighted by Crippen LogP contribution is -2.31. The minimum absolute atomic E-state index is 0.0206. The van der Waals surface area contributed by atoms with E-state index in [-0.39, 0.29) is 17.1 Å². The van der Waals surface area contributed by atoms with Crippen LogP contribution in [0.15, 0.2) is 41.3 Å². The van der Waals surface area contributed by atoms with Gasteiger partial charge in [0, 0.05) is 6.07 Å². The number of ether oxygens (including phenoxy) is 2. The number of hydrogen-bond acceptors (Lipinski definition) is 5. The van der Waals surface area contributed by atoms with E-state index in [1.54, 1.807) is 4.72 Å². The summed E-state index contributed by atoms with van der Waals surface area (Å²) in [6.07, 6.45) is 0. The first-order valence-corrected chi connectivity index (χ1v) is 8.01. The van der Waals surface area contributed by atoms with Crippen LogP contribution in [-0.4, -0.2) is 28.5 Å². The third kappa shape index (κ3) is 3.46. The van der Waals surface area contributed by atoms with Gasteiger partial charge in [0.25, 0.3) is 15.9 Å². The summed E-state index contributed by atoms with van der Waals surface area (Å²) < 4.78 is 62.6. The predicted molar refractivity (Wildman–Crippen MR) is 80.6 cm³/mol. The molecule has 1 amide bonds. The molecule has 6 nitrogen and oxygen atoms in total. The smallest absolute Gasteiger partial charge is 0.268 e. The van der Waals surface area contributed by atoms with Crippen LogP contribution < -0.4 is 14.2 Å². The molecule has 0 aromatic heterocycles. The van der Waals surface area contributed by atoms with Crippen LogP contribution in [0.1, 0.15) is 10.4 Å². The number of sulfonamides is 1. The van der Waals surface area contributed by atoms with Gasteiger partial charge in [-0.25, -0.2) is 21.9 Å². The van der Waals surface area contributed by atoms with Crippen LogP contribution in [-0.2, 0) is 10.0 Å². The zero-order valence-corrected chi connectivity index (χ0v) is 13.5. The van der Waals surface area contributed by atoms with Gasteiger partial charge in [0.05, 0.1) is 19.8 Å².